The third-order valence-electron chi connectivity index (χ3n) is 2.67. The van der Waals surface area contributed by atoms with Gasteiger partial charge in [-0.1, -0.05) is 0 Å². The fraction of sp³-hybridized carbons (Fsp3) is 1.00. The zero-order valence-corrected chi connectivity index (χ0v) is 6.08. The molecule has 3 aliphatic carbocycles. The van der Waals surface area contributed by atoms with E-state index >= 15 is 0 Å². The topological polar surface area (TPSA) is 0 Å². The lowest BCUT2D eigenvalue weighted by Gasteiger charge is -2.23. The van der Waals surface area contributed by atoms with E-state index in [0.717, 1.165) is 17.1 Å². The molecule has 0 aromatic carbocycles. The zero-order chi connectivity index (χ0) is 5.56. The predicted molar refractivity (Wildman–Crippen MR) is 38.1 cm³/mol. The normalized spacial score (nSPS) is 51.4. The fourth-order valence-electron chi connectivity index (χ4n) is 2.09. The van der Waals surface area contributed by atoms with Gasteiger partial charge in [0.25, 0.3) is 0 Å². The zero-order valence-electron chi connectivity index (χ0n) is 5.26. The van der Waals surface area contributed by atoms with Crippen LogP contribution in [0.1, 0.15) is 19.3 Å². The summed E-state index contributed by atoms with van der Waals surface area (Å²) in [5, 5.41) is 1.06. The van der Waals surface area contributed by atoms with Gasteiger partial charge in [-0.25, -0.2) is 0 Å². The molecule has 1 unspecified atom stereocenters. The molecule has 0 aliphatic heterocycles. The molecule has 0 radical (unpaired) electrons. The summed E-state index contributed by atoms with van der Waals surface area (Å²) < 4.78 is 0. The van der Waals surface area contributed by atoms with Crippen LogP contribution in [0.15, 0.2) is 0 Å². The molecule has 0 saturated heterocycles. The summed E-state index contributed by atoms with van der Waals surface area (Å²) in [5.41, 5.74) is 0. The Balaban J connectivity index is 2.00. The van der Waals surface area contributed by atoms with Crippen LogP contribution < -0.4 is 0 Å². The highest BCUT2D eigenvalue weighted by atomic mass is 32.2. The Morgan fingerprint density at radius 2 is 2.00 bits per heavy atom. The highest BCUT2D eigenvalue weighted by Crippen LogP contribution is 2.52. The van der Waals surface area contributed by atoms with E-state index in [9.17, 15) is 0 Å². The van der Waals surface area contributed by atoms with Gasteiger partial charge < -0.3 is 0 Å². The summed E-state index contributed by atoms with van der Waals surface area (Å²) in [5.74, 6) is 2.28. The smallest absolute Gasteiger partial charge is 0.00753 e. The van der Waals surface area contributed by atoms with Gasteiger partial charge >= 0.3 is 0 Å². The highest BCUT2D eigenvalue weighted by Gasteiger charge is 2.43. The van der Waals surface area contributed by atoms with Gasteiger partial charge in [0.2, 0.25) is 0 Å². The van der Waals surface area contributed by atoms with Gasteiger partial charge in [-0.3, -0.25) is 0 Å². The van der Waals surface area contributed by atoms with E-state index in [1.807, 2.05) is 0 Å². The number of fused-ring (bicyclic) bond motifs is 1. The molecular weight excluding hydrogens is 116 g/mol. The second kappa shape index (κ2) is 1.66. The molecule has 46 valence electrons. The molecule has 0 nitrogen and oxygen atoms in total. The molecule has 0 amide bonds. The van der Waals surface area contributed by atoms with Crippen LogP contribution in [0.25, 0.3) is 0 Å². The molecule has 8 heavy (non-hydrogen) atoms. The molecule has 2 bridgehead atoms. The van der Waals surface area contributed by atoms with Crippen molar-refractivity contribution in [3.05, 3.63) is 0 Å². The van der Waals surface area contributed by atoms with Crippen molar-refractivity contribution < 1.29 is 0 Å². The van der Waals surface area contributed by atoms with Crippen molar-refractivity contribution >= 4 is 11.8 Å². The SMILES string of the molecule is CSC1CC2CC1C2. The third-order valence-corrected chi connectivity index (χ3v) is 3.85. The van der Waals surface area contributed by atoms with E-state index in [2.05, 4.69) is 18.0 Å². The largest absolute Gasteiger partial charge is 0.162 e. The number of hydrogen-bond donors (Lipinski definition) is 0. The quantitative estimate of drug-likeness (QED) is 0.521. The summed E-state index contributed by atoms with van der Waals surface area (Å²) >= 11 is 2.08. The van der Waals surface area contributed by atoms with Crippen LogP contribution in [0.3, 0.4) is 0 Å². The van der Waals surface area contributed by atoms with E-state index in [0.29, 0.717) is 0 Å². The Bertz CT molecular complexity index is 94.6. The third kappa shape index (κ3) is 0.540. The van der Waals surface area contributed by atoms with E-state index in [-0.39, 0.29) is 0 Å². The molecule has 0 aromatic rings. The number of hydrogen-bond acceptors (Lipinski definition) is 1. The summed E-state index contributed by atoms with van der Waals surface area (Å²) in [6.07, 6.45) is 6.91. The minimum Gasteiger partial charge on any atom is -0.162 e. The first kappa shape index (κ1) is 5.16. The molecule has 1 atom stereocenters. The molecule has 1 heteroatoms. The van der Waals surface area contributed by atoms with Crippen LogP contribution in [-0.4, -0.2) is 11.5 Å². The lowest BCUT2D eigenvalue weighted by Crippen LogP contribution is -2.14. The first-order chi connectivity index (χ1) is 3.90. The van der Waals surface area contributed by atoms with Gasteiger partial charge in [0.05, 0.1) is 0 Å². The average Bonchev–Trinajstić information content (AvgIpc) is 2.15. The van der Waals surface area contributed by atoms with Crippen molar-refractivity contribution in [2.75, 3.05) is 6.26 Å². The van der Waals surface area contributed by atoms with E-state index < -0.39 is 0 Å². The molecule has 0 spiro atoms. The van der Waals surface area contributed by atoms with Crippen LogP contribution >= 0.6 is 11.8 Å². The summed E-state index contributed by atoms with van der Waals surface area (Å²) in [4.78, 5) is 0. The summed E-state index contributed by atoms with van der Waals surface area (Å²) in [6, 6.07) is 0. The van der Waals surface area contributed by atoms with Gasteiger partial charge in [-0.2, -0.15) is 11.8 Å². The Labute approximate surface area is 55.0 Å². The van der Waals surface area contributed by atoms with Gasteiger partial charge in [-0.05, 0) is 37.4 Å². The second-order valence-corrected chi connectivity index (χ2v) is 4.18. The Hall–Kier alpha value is 0.350. The molecule has 3 fully saturated rings. The number of thioether (sulfide) groups is 1. The van der Waals surface area contributed by atoms with Crippen molar-refractivity contribution in [3.63, 3.8) is 0 Å². The van der Waals surface area contributed by atoms with Crippen molar-refractivity contribution in [3.8, 4) is 0 Å². The predicted octanol–water partition coefficient (Wildman–Crippen LogP) is 2.15. The maximum Gasteiger partial charge on any atom is 0.00753 e. The first-order valence-electron chi connectivity index (χ1n) is 3.43. The van der Waals surface area contributed by atoms with Gasteiger partial charge in [0.15, 0.2) is 0 Å². The van der Waals surface area contributed by atoms with Crippen molar-refractivity contribution in [1.82, 2.24) is 0 Å². The molecular formula is C7H12S. The maximum absolute atomic E-state index is 2.26. The maximum atomic E-state index is 2.26. The molecule has 3 aliphatic rings. The Morgan fingerprint density at radius 3 is 2.25 bits per heavy atom. The standard InChI is InChI=1S/C7H12S/c1-8-7-4-5-2-6(7)3-5/h5-7H,2-4H2,1H3. The molecule has 0 heterocycles. The lowest BCUT2D eigenvalue weighted by molar-refractivity contribution is 0.306. The van der Waals surface area contributed by atoms with Crippen molar-refractivity contribution in [2.45, 2.75) is 24.5 Å². The van der Waals surface area contributed by atoms with E-state index in [4.69, 9.17) is 0 Å². The van der Waals surface area contributed by atoms with Gasteiger partial charge in [0, 0.05) is 5.25 Å². The minimum absolute atomic E-state index is 1.06. The number of rotatable bonds is 1. The van der Waals surface area contributed by atoms with Crippen LogP contribution in [-0.2, 0) is 0 Å². The van der Waals surface area contributed by atoms with Crippen LogP contribution in [0.5, 0.6) is 0 Å². The minimum atomic E-state index is 1.06. The van der Waals surface area contributed by atoms with E-state index in [1.54, 1.807) is 12.8 Å². The Morgan fingerprint density at radius 1 is 1.25 bits per heavy atom. The highest BCUT2D eigenvalue weighted by molar-refractivity contribution is 7.99. The monoisotopic (exact) mass is 128 g/mol. The van der Waals surface area contributed by atoms with E-state index in [1.165, 1.54) is 6.42 Å². The fourth-order valence-corrected chi connectivity index (χ4v) is 3.16. The average molecular weight is 128 g/mol. The van der Waals surface area contributed by atoms with Crippen molar-refractivity contribution in [1.29, 1.82) is 0 Å². The van der Waals surface area contributed by atoms with Crippen molar-refractivity contribution in [2.24, 2.45) is 11.8 Å². The molecule has 0 aromatic heterocycles. The summed E-state index contributed by atoms with van der Waals surface area (Å²) in [6.45, 7) is 0. The Kier molecular flexibility index (Phi) is 1.07. The first-order valence-corrected chi connectivity index (χ1v) is 4.71. The summed E-state index contributed by atoms with van der Waals surface area (Å²) in [7, 11) is 0. The van der Waals surface area contributed by atoms with Crippen LogP contribution in [0, 0.1) is 11.8 Å². The molecule has 3 rings (SSSR count). The lowest BCUT2D eigenvalue weighted by atomic mass is 9.85. The van der Waals surface area contributed by atoms with Gasteiger partial charge in [-0.15, -0.1) is 0 Å². The second-order valence-electron chi connectivity index (χ2n) is 3.11. The van der Waals surface area contributed by atoms with Gasteiger partial charge in [0.1, 0.15) is 0 Å². The molecule has 3 saturated carbocycles. The van der Waals surface area contributed by atoms with Crippen LogP contribution in [0.4, 0.5) is 0 Å². The van der Waals surface area contributed by atoms with Crippen LogP contribution in [0.2, 0.25) is 0 Å². The molecule has 0 N–H and O–H groups in total.